The Kier molecular flexibility index (Phi) is 5.82. The van der Waals surface area contributed by atoms with Crippen molar-refractivity contribution in [2.45, 2.75) is 13.0 Å². The predicted octanol–water partition coefficient (Wildman–Crippen LogP) is -2.44. The number of amides is 2. The third kappa shape index (κ3) is 6.06. The number of hydrogen-bond donors (Lipinski definition) is 4. The van der Waals surface area contributed by atoms with Gasteiger partial charge in [0.25, 0.3) is 0 Å². The van der Waals surface area contributed by atoms with Crippen molar-refractivity contribution in [3.8, 4) is 0 Å². The van der Waals surface area contributed by atoms with Crippen LogP contribution in [0.1, 0.15) is 6.92 Å². The molecule has 0 aromatic rings. The topological polar surface area (TPSA) is 104 Å². The van der Waals surface area contributed by atoms with Gasteiger partial charge in [-0.1, -0.05) is 0 Å². The van der Waals surface area contributed by atoms with E-state index >= 15 is 0 Å². The van der Waals surface area contributed by atoms with Gasteiger partial charge in [-0.25, -0.2) is 0 Å². The number of carbonyl (C=O) groups excluding carboxylic acids is 2. The number of rotatable bonds is 5. The standard InChI is InChI=1S/C7H15N3O3/c1-5(4-11)10-7(13)3-9-6(12)2-8/h5,11H,2-4,8H2,1H3,(H,9,12)(H,10,13)/t5-/m1/s1. The fourth-order valence-electron chi connectivity index (χ4n) is 0.623. The number of nitrogens with one attached hydrogen (secondary N) is 2. The maximum atomic E-state index is 11.0. The van der Waals surface area contributed by atoms with Crippen LogP contribution in [0.2, 0.25) is 0 Å². The highest BCUT2D eigenvalue weighted by molar-refractivity contribution is 5.85. The molecule has 0 unspecified atom stereocenters. The fraction of sp³-hybridized carbons (Fsp3) is 0.714. The van der Waals surface area contributed by atoms with Crippen molar-refractivity contribution in [2.24, 2.45) is 5.73 Å². The van der Waals surface area contributed by atoms with Gasteiger partial charge in [-0.15, -0.1) is 0 Å². The van der Waals surface area contributed by atoms with Gasteiger partial charge in [0.05, 0.1) is 19.7 Å². The van der Waals surface area contributed by atoms with E-state index < -0.39 is 0 Å². The monoisotopic (exact) mass is 189 g/mol. The van der Waals surface area contributed by atoms with E-state index in [9.17, 15) is 9.59 Å². The zero-order valence-corrected chi connectivity index (χ0v) is 7.54. The van der Waals surface area contributed by atoms with Crippen LogP contribution >= 0.6 is 0 Å². The Labute approximate surface area is 76.5 Å². The first-order valence-corrected chi connectivity index (χ1v) is 3.97. The Morgan fingerprint density at radius 3 is 2.54 bits per heavy atom. The van der Waals surface area contributed by atoms with Crippen molar-refractivity contribution in [3.63, 3.8) is 0 Å². The van der Waals surface area contributed by atoms with Crippen LogP contribution in [0.4, 0.5) is 0 Å². The van der Waals surface area contributed by atoms with E-state index in [-0.39, 0.29) is 37.6 Å². The van der Waals surface area contributed by atoms with E-state index in [0.717, 1.165) is 0 Å². The van der Waals surface area contributed by atoms with Crippen LogP contribution < -0.4 is 16.4 Å². The summed E-state index contributed by atoms with van der Waals surface area (Å²) in [6.07, 6.45) is 0. The SMILES string of the molecule is C[C@H](CO)NC(=O)CNC(=O)CN. The van der Waals surface area contributed by atoms with Crippen LogP contribution in [-0.4, -0.2) is 42.7 Å². The first-order valence-electron chi connectivity index (χ1n) is 3.97. The molecule has 13 heavy (non-hydrogen) atoms. The fourth-order valence-corrected chi connectivity index (χ4v) is 0.623. The lowest BCUT2D eigenvalue weighted by atomic mass is 10.3. The summed E-state index contributed by atoms with van der Waals surface area (Å²) in [5, 5.41) is 13.4. The van der Waals surface area contributed by atoms with Crippen LogP contribution in [0.5, 0.6) is 0 Å². The summed E-state index contributed by atoms with van der Waals surface area (Å²) >= 11 is 0. The molecule has 0 bridgehead atoms. The van der Waals surface area contributed by atoms with Crippen LogP contribution in [-0.2, 0) is 9.59 Å². The van der Waals surface area contributed by atoms with E-state index in [1.807, 2.05) is 0 Å². The number of aliphatic hydroxyl groups excluding tert-OH is 1. The minimum Gasteiger partial charge on any atom is -0.394 e. The quantitative estimate of drug-likeness (QED) is 0.385. The second kappa shape index (κ2) is 6.38. The van der Waals surface area contributed by atoms with Gasteiger partial charge in [-0.2, -0.15) is 0 Å². The van der Waals surface area contributed by atoms with E-state index in [1.165, 1.54) is 0 Å². The molecule has 76 valence electrons. The summed E-state index contributed by atoms with van der Waals surface area (Å²) in [7, 11) is 0. The highest BCUT2D eigenvalue weighted by Gasteiger charge is 2.06. The Morgan fingerprint density at radius 1 is 1.46 bits per heavy atom. The lowest BCUT2D eigenvalue weighted by Gasteiger charge is -2.10. The number of carbonyl (C=O) groups is 2. The molecule has 0 aromatic carbocycles. The minimum atomic E-state index is -0.383. The normalized spacial score (nSPS) is 11.9. The van der Waals surface area contributed by atoms with Crippen LogP contribution in [0.25, 0.3) is 0 Å². The number of hydrogen-bond acceptors (Lipinski definition) is 4. The van der Waals surface area contributed by atoms with Gasteiger partial charge in [-0.3, -0.25) is 9.59 Å². The van der Waals surface area contributed by atoms with Gasteiger partial charge >= 0.3 is 0 Å². The van der Waals surface area contributed by atoms with Crippen molar-refractivity contribution in [1.82, 2.24) is 10.6 Å². The lowest BCUT2D eigenvalue weighted by Crippen LogP contribution is -2.43. The van der Waals surface area contributed by atoms with Gasteiger partial charge in [-0.05, 0) is 6.92 Å². The maximum absolute atomic E-state index is 11.0. The minimum absolute atomic E-state index is 0.111. The summed E-state index contributed by atoms with van der Waals surface area (Å²) in [6.45, 7) is 1.28. The summed E-state index contributed by atoms with van der Waals surface area (Å²) < 4.78 is 0. The zero-order valence-electron chi connectivity index (χ0n) is 7.54. The third-order valence-corrected chi connectivity index (χ3v) is 1.31. The van der Waals surface area contributed by atoms with Crippen molar-refractivity contribution in [2.75, 3.05) is 19.7 Å². The molecular weight excluding hydrogens is 174 g/mol. The molecule has 0 radical (unpaired) electrons. The molecule has 1 atom stereocenters. The van der Waals surface area contributed by atoms with Crippen molar-refractivity contribution in [3.05, 3.63) is 0 Å². The van der Waals surface area contributed by atoms with E-state index in [2.05, 4.69) is 10.6 Å². The number of aliphatic hydroxyl groups is 1. The van der Waals surface area contributed by atoms with Gasteiger partial charge < -0.3 is 21.5 Å². The molecule has 0 saturated carbocycles. The zero-order chi connectivity index (χ0) is 10.3. The molecule has 0 aromatic heterocycles. The van der Waals surface area contributed by atoms with Gasteiger partial charge in [0.1, 0.15) is 0 Å². The van der Waals surface area contributed by atoms with Crippen LogP contribution in [0.3, 0.4) is 0 Å². The average Bonchev–Trinajstić information content (AvgIpc) is 2.13. The molecule has 0 aliphatic rings. The third-order valence-electron chi connectivity index (χ3n) is 1.31. The Balaban J connectivity index is 3.57. The van der Waals surface area contributed by atoms with Crippen LogP contribution in [0, 0.1) is 0 Å². The first-order chi connectivity index (χ1) is 6.10. The second-order valence-corrected chi connectivity index (χ2v) is 2.63. The largest absolute Gasteiger partial charge is 0.394 e. The predicted molar refractivity (Wildman–Crippen MR) is 46.8 cm³/mol. The van der Waals surface area contributed by atoms with Crippen molar-refractivity contribution < 1.29 is 14.7 Å². The Bertz CT molecular complexity index is 184. The molecule has 0 saturated heterocycles. The lowest BCUT2D eigenvalue weighted by molar-refractivity contribution is -0.125. The summed E-state index contributed by atoms with van der Waals surface area (Å²) in [5.41, 5.74) is 5.00. The highest BCUT2D eigenvalue weighted by Crippen LogP contribution is 1.77. The molecule has 0 spiro atoms. The summed E-state index contributed by atoms with van der Waals surface area (Å²) in [4.78, 5) is 21.6. The second-order valence-electron chi connectivity index (χ2n) is 2.63. The molecular formula is C7H15N3O3. The molecule has 2 amide bonds. The van der Waals surface area contributed by atoms with Crippen LogP contribution in [0.15, 0.2) is 0 Å². The average molecular weight is 189 g/mol. The summed E-state index contributed by atoms with van der Waals surface area (Å²) in [5.74, 6) is -0.727. The van der Waals surface area contributed by atoms with Gasteiger partial charge in [0.2, 0.25) is 11.8 Å². The molecule has 6 heteroatoms. The highest BCUT2D eigenvalue weighted by atomic mass is 16.3. The Morgan fingerprint density at radius 2 is 2.08 bits per heavy atom. The smallest absolute Gasteiger partial charge is 0.239 e. The molecule has 0 fully saturated rings. The van der Waals surface area contributed by atoms with Gasteiger partial charge in [0.15, 0.2) is 0 Å². The molecule has 0 rings (SSSR count). The molecule has 0 heterocycles. The maximum Gasteiger partial charge on any atom is 0.239 e. The van der Waals surface area contributed by atoms with E-state index in [1.54, 1.807) is 6.92 Å². The number of nitrogens with two attached hydrogens (primary N) is 1. The molecule has 0 aliphatic carbocycles. The molecule has 0 aliphatic heterocycles. The Hall–Kier alpha value is -1.14. The molecule has 5 N–H and O–H groups in total. The summed E-state index contributed by atoms with van der Waals surface area (Å²) in [6, 6.07) is -0.303. The first kappa shape index (κ1) is 11.9. The van der Waals surface area contributed by atoms with E-state index in [4.69, 9.17) is 10.8 Å². The van der Waals surface area contributed by atoms with Crippen molar-refractivity contribution >= 4 is 11.8 Å². The van der Waals surface area contributed by atoms with Crippen molar-refractivity contribution in [1.29, 1.82) is 0 Å². The van der Waals surface area contributed by atoms with E-state index in [0.29, 0.717) is 0 Å². The molecule has 6 nitrogen and oxygen atoms in total. The van der Waals surface area contributed by atoms with Gasteiger partial charge in [0, 0.05) is 6.04 Å².